The second-order valence-corrected chi connectivity index (χ2v) is 4.96. The summed E-state index contributed by atoms with van der Waals surface area (Å²) in [5.74, 6) is 0.0834. The first-order valence-corrected chi connectivity index (χ1v) is 7.46. The zero-order chi connectivity index (χ0) is 16.7. The molecule has 0 fully saturated rings. The minimum atomic E-state index is -1.31. The normalized spacial score (nSPS) is 13.0. The molecule has 0 aliphatic carbocycles. The van der Waals surface area contributed by atoms with Crippen LogP contribution in [0.2, 0.25) is 0 Å². The highest BCUT2D eigenvalue weighted by molar-refractivity contribution is 5.76. The van der Waals surface area contributed by atoms with Crippen molar-refractivity contribution >= 4 is 11.7 Å². The third kappa shape index (κ3) is 4.47. The van der Waals surface area contributed by atoms with Gasteiger partial charge in [0.25, 0.3) is 0 Å². The lowest BCUT2D eigenvalue weighted by Crippen LogP contribution is -2.34. The summed E-state index contributed by atoms with van der Waals surface area (Å²) in [6, 6.07) is 16.0. The van der Waals surface area contributed by atoms with Gasteiger partial charge in [0, 0.05) is 5.69 Å². The molecule has 0 aromatic heterocycles. The molecule has 2 aromatic carbocycles. The Morgan fingerprint density at radius 2 is 1.78 bits per heavy atom. The van der Waals surface area contributed by atoms with Crippen LogP contribution in [0.5, 0.6) is 5.75 Å². The van der Waals surface area contributed by atoms with Gasteiger partial charge in [-0.15, -0.1) is 0 Å². The van der Waals surface area contributed by atoms with Crippen LogP contribution in [0.3, 0.4) is 0 Å². The molecule has 2 N–H and O–H groups in total. The Balaban J connectivity index is 2.24. The number of esters is 1. The van der Waals surface area contributed by atoms with E-state index in [1.54, 1.807) is 26.2 Å². The van der Waals surface area contributed by atoms with E-state index in [9.17, 15) is 9.90 Å². The van der Waals surface area contributed by atoms with Gasteiger partial charge in [-0.2, -0.15) is 0 Å². The number of hydrogen-bond acceptors (Lipinski definition) is 5. The maximum absolute atomic E-state index is 11.9. The molecule has 23 heavy (non-hydrogen) atoms. The molecule has 0 unspecified atom stereocenters. The van der Waals surface area contributed by atoms with Crippen molar-refractivity contribution in [2.45, 2.75) is 19.1 Å². The van der Waals surface area contributed by atoms with E-state index in [0.717, 1.165) is 17.0 Å². The number of nitrogens with one attached hydrogen (secondary N) is 1. The number of benzene rings is 2. The van der Waals surface area contributed by atoms with E-state index in [1.807, 2.05) is 42.5 Å². The molecule has 2 aromatic rings. The number of rotatable bonds is 7. The number of aliphatic hydroxyl groups is 1. The van der Waals surface area contributed by atoms with Crippen LogP contribution in [0.25, 0.3) is 0 Å². The van der Waals surface area contributed by atoms with E-state index in [-0.39, 0.29) is 6.61 Å². The number of carbonyl (C=O) groups excluding carboxylic acids is 1. The number of carbonyl (C=O) groups is 1. The predicted octanol–water partition coefficient (Wildman–Crippen LogP) is 2.77. The van der Waals surface area contributed by atoms with Crippen LogP contribution in [0.1, 0.15) is 18.5 Å². The second kappa shape index (κ2) is 8.19. The maximum Gasteiger partial charge on any atom is 0.337 e. The number of methoxy groups -OCH3 is 1. The van der Waals surface area contributed by atoms with Crippen molar-refractivity contribution in [3.8, 4) is 5.75 Å². The average molecular weight is 315 g/mol. The minimum absolute atomic E-state index is 0.222. The van der Waals surface area contributed by atoms with Gasteiger partial charge < -0.3 is 19.9 Å². The van der Waals surface area contributed by atoms with Gasteiger partial charge in [0.15, 0.2) is 6.10 Å². The molecule has 5 heteroatoms. The monoisotopic (exact) mass is 315 g/mol. The lowest BCUT2D eigenvalue weighted by molar-refractivity contribution is -0.153. The lowest BCUT2D eigenvalue weighted by atomic mass is 10.0. The van der Waals surface area contributed by atoms with Crippen molar-refractivity contribution in [1.82, 2.24) is 0 Å². The van der Waals surface area contributed by atoms with Crippen molar-refractivity contribution in [3.05, 3.63) is 60.2 Å². The molecule has 5 nitrogen and oxygen atoms in total. The van der Waals surface area contributed by atoms with E-state index in [4.69, 9.17) is 9.47 Å². The van der Waals surface area contributed by atoms with Gasteiger partial charge in [0.2, 0.25) is 0 Å². The molecular formula is C18H21NO4. The largest absolute Gasteiger partial charge is 0.497 e. The Hall–Kier alpha value is -2.53. The Bertz CT molecular complexity index is 613. The third-order valence-electron chi connectivity index (χ3n) is 3.41. The van der Waals surface area contributed by atoms with E-state index in [0.29, 0.717) is 0 Å². The van der Waals surface area contributed by atoms with Gasteiger partial charge in [-0.25, -0.2) is 4.79 Å². The molecule has 0 aliphatic rings. The molecule has 0 aliphatic heterocycles. The maximum atomic E-state index is 11.9. The van der Waals surface area contributed by atoms with E-state index in [2.05, 4.69) is 5.32 Å². The van der Waals surface area contributed by atoms with E-state index in [1.165, 1.54) is 0 Å². The standard InChI is InChI=1S/C18H21NO4/c1-3-23-18(21)17(20)16(13-7-5-4-6-8-13)19-14-9-11-15(22-2)12-10-14/h4-12,16-17,19-20H,3H2,1-2H3/t16-,17-/m1/s1. The Morgan fingerprint density at radius 1 is 1.13 bits per heavy atom. The van der Waals surface area contributed by atoms with Gasteiger partial charge in [0.05, 0.1) is 19.8 Å². The average Bonchev–Trinajstić information content (AvgIpc) is 2.60. The Kier molecular flexibility index (Phi) is 6.00. The molecular weight excluding hydrogens is 294 g/mol. The number of anilines is 1. The Labute approximate surface area is 135 Å². The number of hydrogen-bond donors (Lipinski definition) is 2. The Morgan fingerprint density at radius 3 is 2.35 bits per heavy atom. The van der Waals surface area contributed by atoms with Crippen molar-refractivity contribution < 1.29 is 19.4 Å². The van der Waals surface area contributed by atoms with Crippen molar-refractivity contribution in [3.63, 3.8) is 0 Å². The van der Waals surface area contributed by atoms with Crippen molar-refractivity contribution in [2.24, 2.45) is 0 Å². The molecule has 0 bridgehead atoms. The fraction of sp³-hybridized carbons (Fsp3) is 0.278. The quantitative estimate of drug-likeness (QED) is 0.769. The molecule has 0 spiro atoms. The van der Waals surface area contributed by atoms with Crippen LogP contribution >= 0.6 is 0 Å². The van der Waals surface area contributed by atoms with E-state index >= 15 is 0 Å². The van der Waals surface area contributed by atoms with Crippen LogP contribution in [0.4, 0.5) is 5.69 Å². The summed E-state index contributed by atoms with van der Waals surface area (Å²) < 4.78 is 10.1. The smallest absolute Gasteiger partial charge is 0.337 e. The SMILES string of the molecule is CCOC(=O)[C@H](O)[C@H](Nc1ccc(OC)cc1)c1ccccc1. The van der Waals surface area contributed by atoms with Gasteiger partial charge in [-0.05, 0) is 36.8 Å². The van der Waals surface area contributed by atoms with Crippen LogP contribution in [-0.2, 0) is 9.53 Å². The fourth-order valence-corrected chi connectivity index (χ4v) is 2.24. The first kappa shape index (κ1) is 16.8. The summed E-state index contributed by atoms with van der Waals surface area (Å²) >= 11 is 0. The van der Waals surface area contributed by atoms with Gasteiger partial charge in [-0.1, -0.05) is 30.3 Å². The van der Waals surface area contributed by atoms with Gasteiger partial charge in [-0.3, -0.25) is 0 Å². The molecule has 2 atom stereocenters. The summed E-state index contributed by atoms with van der Waals surface area (Å²) in [6.07, 6.45) is -1.31. The van der Waals surface area contributed by atoms with Crippen LogP contribution in [0.15, 0.2) is 54.6 Å². The lowest BCUT2D eigenvalue weighted by Gasteiger charge is -2.24. The molecule has 0 radical (unpaired) electrons. The highest BCUT2D eigenvalue weighted by Gasteiger charge is 2.28. The minimum Gasteiger partial charge on any atom is -0.497 e. The summed E-state index contributed by atoms with van der Waals surface area (Å²) in [7, 11) is 1.60. The highest BCUT2D eigenvalue weighted by Crippen LogP contribution is 2.25. The summed E-state index contributed by atoms with van der Waals surface area (Å²) in [6.45, 7) is 1.93. The first-order chi connectivity index (χ1) is 11.2. The predicted molar refractivity (Wildman–Crippen MR) is 88.4 cm³/mol. The van der Waals surface area contributed by atoms with Crippen LogP contribution in [-0.4, -0.2) is 30.9 Å². The molecule has 0 saturated heterocycles. The van der Waals surface area contributed by atoms with Gasteiger partial charge >= 0.3 is 5.97 Å². The zero-order valence-corrected chi connectivity index (χ0v) is 13.2. The summed E-state index contributed by atoms with van der Waals surface area (Å²) in [5, 5.41) is 13.5. The van der Waals surface area contributed by atoms with Crippen LogP contribution < -0.4 is 10.1 Å². The summed E-state index contributed by atoms with van der Waals surface area (Å²) in [5.41, 5.74) is 1.56. The topological polar surface area (TPSA) is 67.8 Å². The number of ether oxygens (including phenoxy) is 2. The summed E-state index contributed by atoms with van der Waals surface area (Å²) in [4.78, 5) is 11.9. The molecule has 0 saturated carbocycles. The molecule has 0 amide bonds. The molecule has 0 heterocycles. The van der Waals surface area contributed by atoms with Crippen molar-refractivity contribution in [1.29, 1.82) is 0 Å². The molecule has 122 valence electrons. The molecule has 2 rings (SSSR count). The third-order valence-corrected chi connectivity index (χ3v) is 3.41. The fourth-order valence-electron chi connectivity index (χ4n) is 2.24. The van der Waals surface area contributed by atoms with Crippen molar-refractivity contribution in [2.75, 3.05) is 19.0 Å². The second-order valence-electron chi connectivity index (χ2n) is 4.96. The van der Waals surface area contributed by atoms with Gasteiger partial charge in [0.1, 0.15) is 5.75 Å². The zero-order valence-electron chi connectivity index (χ0n) is 13.2. The number of aliphatic hydroxyl groups excluding tert-OH is 1. The highest BCUT2D eigenvalue weighted by atomic mass is 16.5. The van der Waals surface area contributed by atoms with E-state index < -0.39 is 18.1 Å². The van der Waals surface area contributed by atoms with Crippen LogP contribution in [0, 0.1) is 0 Å². The first-order valence-electron chi connectivity index (χ1n) is 7.46.